The average Bonchev–Trinajstić information content (AvgIpc) is 3.07. The zero-order valence-electron chi connectivity index (χ0n) is 26.1. The fraction of sp³-hybridized carbons (Fsp3) is 0.278. The molecule has 0 bridgehead atoms. The topological polar surface area (TPSA) is 130 Å². The van der Waals surface area contributed by atoms with Crippen LogP contribution in [0.25, 0.3) is 5.57 Å². The van der Waals surface area contributed by atoms with E-state index in [1.807, 2.05) is 44.2 Å². The number of rotatable bonds is 14. The molecule has 0 amide bonds. The minimum Gasteiger partial charge on any atom is -0.488 e. The number of hydrogen-bond acceptors (Lipinski definition) is 8. The van der Waals surface area contributed by atoms with Crippen molar-refractivity contribution in [3.63, 3.8) is 0 Å². The highest BCUT2D eigenvalue weighted by Gasteiger charge is 2.32. The Hall–Kier alpha value is -4.56. The predicted molar refractivity (Wildman–Crippen MR) is 179 cm³/mol. The number of aliphatic carboxylic acids is 1. The minimum absolute atomic E-state index is 0.0963. The van der Waals surface area contributed by atoms with Crippen LogP contribution in [0, 0.1) is 11.3 Å². The van der Waals surface area contributed by atoms with Gasteiger partial charge in [0, 0.05) is 18.2 Å². The fourth-order valence-corrected chi connectivity index (χ4v) is 5.14. The van der Waals surface area contributed by atoms with Gasteiger partial charge in [-0.3, -0.25) is 10.1 Å². The number of carbonyl (C=O) groups is 1. The maximum absolute atomic E-state index is 11.8. The number of allylic oxidation sites excluding steroid dienone is 4. The lowest BCUT2D eigenvalue weighted by Crippen LogP contribution is -2.52. The zero-order valence-corrected chi connectivity index (χ0v) is 27.6. The van der Waals surface area contributed by atoms with Crippen LogP contribution in [0.2, 0.25) is 0 Å². The summed E-state index contributed by atoms with van der Waals surface area (Å²) in [7, 11) is 0. The number of halogens is 1. The summed E-state index contributed by atoms with van der Waals surface area (Å²) in [5.41, 5.74) is 4.35. The smallest absolute Gasteiger partial charge is 0.326 e. The number of nitriles is 1. The largest absolute Gasteiger partial charge is 0.488 e. The maximum atomic E-state index is 11.8. The highest BCUT2D eigenvalue weighted by atomic mass is 79.9. The molecule has 240 valence electrons. The molecule has 0 unspecified atom stereocenters. The van der Waals surface area contributed by atoms with E-state index < -0.39 is 18.1 Å². The quantitative estimate of drug-likeness (QED) is 0.161. The predicted octanol–water partition coefficient (Wildman–Crippen LogP) is 6.58. The van der Waals surface area contributed by atoms with Gasteiger partial charge in [-0.05, 0) is 94.9 Å². The van der Waals surface area contributed by atoms with E-state index in [1.54, 1.807) is 36.4 Å². The van der Waals surface area contributed by atoms with E-state index in [0.717, 1.165) is 33.6 Å². The molecule has 1 atom stereocenters. The number of nitrogens with zero attached hydrogens (tertiary/aromatic N) is 1. The van der Waals surface area contributed by atoms with E-state index in [-0.39, 0.29) is 19.8 Å². The third kappa shape index (κ3) is 8.37. The molecule has 9 nitrogen and oxygen atoms in total. The highest BCUT2D eigenvalue weighted by Crippen LogP contribution is 2.37. The van der Waals surface area contributed by atoms with Gasteiger partial charge in [-0.1, -0.05) is 36.9 Å². The first-order valence-corrected chi connectivity index (χ1v) is 15.4. The van der Waals surface area contributed by atoms with Crippen molar-refractivity contribution in [1.82, 2.24) is 5.32 Å². The van der Waals surface area contributed by atoms with Crippen LogP contribution < -0.4 is 24.3 Å². The molecule has 1 aliphatic heterocycles. The Morgan fingerprint density at radius 3 is 2.57 bits per heavy atom. The van der Waals surface area contributed by atoms with E-state index in [4.69, 9.17) is 18.9 Å². The summed E-state index contributed by atoms with van der Waals surface area (Å²) in [6, 6.07) is 18.6. The van der Waals surface area contributed by atoms with Crippen LogP contribution >= 0.6 is 15.9 Å². The third-order valence-electron chi connectivity index (χ3n) is 7.65. The molecule has 3 aromatic carbocycles. The molecule has 46 heavy (non-hydrogen) atoms. The van der Waals surface area contributed by atoms with E-state index >= 15 is 0 Å². The normalized spacial score (nSPS) is 14.4. The molecule has 1 heterocycles. The molecule has 3 N–H and O–H groups in total. The lowest BCUT2D eigenvalue weighted by molar-refractivity contribution is -0.145. The molecule has 0 saturated heterocycles. The van der Waals surface area contributed by atoms with Gasteiger partial charge < -0.3 is 29.2 Å². The van der Waals surface area contributed by atoms with Gasteiger partial charge >= 0.3 is 5.97 Å². The number of aliphatic hydroxyl groups excluding tert-OH is 1. The summed E-state index contributed by atoms with van der Waals surface area (Å²) >= 11 is 3.60. The molecule has 0 saturated carbocycles. The van der Waals surface area contributed by atoms with Crippen molar-refractivity contribution in [3.8, 4) is 29.1 Å². The van der Waals surface area contributed by atoms with Gasteiger partial charge in [-0.25, -0.2) is 0 Å². The Morgan fingerprint density at radius 1 is 1.11 bits per heavy atom. The van der Waals surface area contributed by atoms with Gasteiger partial charge in [-0.15, -0.1) is 0 Å². The van der Waals surface area contributed by atoms with Crippen molar-refractivity contribution >= 4 is 27.5 Å². The van der Waals surface area contributed by atoms with Crippen molar-refractivity contribution in [2.24, 2.45) is 0 Å². The van der Waals surface area contributed by atoms with E-state index in [9.17, 15) is 20.3 Å². The second kappa shape index (κ2) is 15.6. The van der Waals surface area contributed by atoms with Gasteiger partial charge in [0.1, 0.15) is 43.5 Å². The van der Waals surface area contributed by atoms with E-state index in [0.29, 0.717) is 46.1 Å². The lowest BCUT2D eigenvalue weighted by atomic mass is 9.95. The van der Waals surface area contributed by atoms with Crippen molar-refractivity contribution < 1.29 is 34.0 Å². The molecule has 10 heteroatoms. The summed E-state index contributed by atoms with van der Waals surface area (Å²) in [6.07, 6.45) is 3.70. The van der Waals surface area contributed by atoms with Crippen LogP contribution in [-0.2, 0) is 17.9 Å². The third-order valence-corrected chi connectivity index (χ3v) is 8.27. The first-order chi connectivity index (χ1) is 22.1. The maximum Gasteiger partial charge on any atom is 0.326 e. The summed E-state index contributed by atoms with van der Waals surface area (Å²) in [5, 5.41) is 31.5. The fourth-order valence-electron chi connectivity index (χ4n) is 4.63. The van der Waals surface area contributed by atoms with Gasteiger partial charge in [0.25, 0.3) is 0 Å². The number of ether oxygens (including phenoxy) is 4. The zero-order chi connectivity index (χ0) is 33.3. The summed E-state index contributed by atoms with van der Waals surface area (Å²) in [6.45, 7) is 10.3. The Morgan fingerprint density at radius 2 is 1.87 bits per heavy atom. The number of hydrogen-bond donors (Lipinski definition) is 3. The molecule has 0 spiro atoms. The second-order valence-electron chi connectivity index (χ2n) is 11.0. The van der Waals surface area contributed by atoms with E-state index in [1.165, 1.54) is 6.92 Å². The van der Waals surface area contributed by atoms with Gasteiger partial charge in [0.2, 0.25) is 0 Å². The standard InChI is InChI=1S/C36H37BrN2O7/c1-5-7-29(27-10-11-31-34(16-27)44-13-12-43-31)24(3)23(2)20-45-33-17-32(46-21-26-9-6-8-25(14-26)18-38)28(15-30(33)37)19-39-36(4,22-40)35(41)42/h5-11,14-17,39-40H,1,12-13,19-22H2,2-4H3,(H,41,42)/b24-23+,29-7+/t36-/m0/s1. The number of nitrogens with one attached hydrogen (secondary N) is 1. The van der Waals surface area contributed by atoms with E-state index in [2.05, 4.69) is 33.9 Å². The molecule has 3 aromatic rings. The van der Waals surface area contributed by atoms with Gasteiger partial charge in [0.15, 0.2) is 11.5 Å². The van der Waals surface area contributed by atoms with Crippen molar-refractivity contribution in [3.05, 3.63) is 111 Å². The van der Waals surface area contributed by atoms with Gasteiger partial charge in [-0.2, -0.15) is 5.26 Å². The first-order valence-electron chi connectivity index (χ1n) is 14.6. The number of carboxylic acid groups (broad SMARTS) is 1. The SMILES string of the molecule is C=C/C=C(\C(C)=C(/C)COc1cc(OCc2cccc(C#N)c2)c(CN[C@@](C)(CO)C(=O)O)cc1Br)c1ccc2c(c1)OCCO2. The average molecular weight is 690 g/mol. The Labute approximate surface area is 277 Å². The number of fused-ring (bicyclic) bond motifs is 1. The first kappa shape index (κ1) is 34.3. The Balaban J connectivity index is 1.59. The number of aliphatic hydroxyl groups is 1. The molecule has 0 aromatic heterocycles. The molecule has 0 fully saturated rings. The Kier molecular flexibility index (Phi) is 11.7. The van der Waals surface area contributed by atoms with Crippen LogP contribution in [0.15, 0.2) is 88.9 Å². The highest BCUT2D eigenvalue weighted by molar-refractivity contribution is 9.10. The van der Waals surface area contributed by atoms with Crippen LogP contribution in [0.3, 0.4) is 0 Å². The summed E-state index contributed by atoms with van der Waals surface area (Å²) in [5.74, 6) is 1.23. The number of benzene rings is 3. The van der Waals surface area contributed by atoms with Crippen LogP contribution in [-0.4, -0.2) is 48.1 Å². The monoisotopic (exact) mass is 688 g/mol. The minimum atomic E-state index is -1.55. The Bertz CT molecular complexity index is 1710. The molecule has 0 radical (unpaired) electrons. The van der Waals surface area contributed by atoms with Crippen molar-refractivity contribution in [2.75, 3.05) is 26.4 Å². The number of carboxylic acids is 1. The summed E-state index contributed by atoms with van der Waals surface area (Å²) < 4.78 is 24.6. The van der Waals surface area contributed by atoms with Crippen LogP contribution in [0.5, 0.6) is 23.0 Å². The lowest BCUT2D eigenvalue weighted by Gasteiger charge is -2.25. The summed E-state index contributed by atoms with van der Waals surface area (Å²) in [4.78, 5) is 11.8. The van der Waals surface area contributed by atoms with Gasteiger partial charge in [0.05, 0.1) is 22.7 Å². The van der Waals surface area contributed by atoms with Crippen molar-refractivity contribution in [1.29, 1.82) is 5.26 Å². The molecular weight excluding hydrogens is 652 g/mol. The molecular formula is C36H37BrN2O7. The molecule has 4 rings (SSSR count). The second-order valence-corrected chi connectivity index (χ2v) is 11.9. The molecule has 1 aliphatic rings. The molecule has 0 aliphatic carbocycles. The van der Waals surface area contributed by atoms with Crippen LogP contribution in [0.4, 0.5) is 0 Å². The van der Waals surface area contributed by atoms with Crippen molar-refractivity contribution in [2.45, 2.75) is 39.5 Å². The van der Waals surface area contributed by atoms with Crippen LogP contribution in [0.1, 0.15) is 43.0 Å².